The minimum absolute atomic E-state index is 0.0842. The smallest absolute Gasteiger partial charge is 0.335 e. The Labute approximate surface area is 105 Å². The van der Waals surface area contributed by atoms with Crippen LogP contribution in [0.1, 0.15) is 35.7 Å². The van der Waals surface area contributed by atoms with Crippen molar-refractivity contribution in [2.24, 2.45) is 0 Å². The predicted molar refractivity (Wildman–Crippen MR) is 65.5 cm³/mol. The number of fused-ring (bicyclic) bond motifs is 1. The molecule has 1 aromatic carbocycles. The molecular weight excluding hydrogens is 234 g/mol. The first-order valence-electron chi connectivity index (χ1n) is 5.95. The van der Waals surface area contributed by atoms with Crippen LogP contribution in [0.2, 0.25) is 0 Å². The standard InChI is InChI=1S/C13H15NO4/c1-2-7-18-14-11-5-3-10(13(16)17)8-9(11)4-6-12(14)15/h3,5,8H,2,4,6-7H2,1H3,(H,16,17). The monoisotopic (exact) mass is 249 g/mol. The Kier molecular flexibility index (Phi) is 3.62. The van der Waals surface area contributed by atoms with Gasteiger partial charge in [-0.3, -0.25) is 9.63 Å². The van der Waals surface area contributed by atoms with Crippen molar-refractivity contribution >= 4 is 17.6 Å². The number of hydrogen-bond donors (Lipinski definition) is 1. The molecule has 5 heteroatoms. The van der Waals surface area contributed by atoms with E-state index in [0.717, 1.165) is 12.0 Å². The van der Waals surface area contributed by atoms with Crippen molar-refractivity contribution in [1.82, 2.24) is 0 Å². The van der Waals surface area contributed by atoms with Crippen LogP contribution in [0, 0.1) is 0 Å². The number of benzene rings is 1. The number of carboxylic acids is 1. The maximum atomic E-state index is 11.8. The lowest BCUT2D eigenvalue weighted by Gasteiger charge is -2.28. The molecule has 0 aromatic heterocycles. The Hall–Kier alpha value is -1.88. The molecule has 0 aliphatic carbocycles. The van der Waals surface area contributed by atoms with Crippen molar-refractivity contribution < 1.29 is 19.5 Å². The lowest BCUT2D eigenvalue weighted by Crippen LogP contribution is -2.35. The second kappa shape index (κ2) is 5.18. The van der Waals surface area contributed by atoms with Crippen molar-refractivity contribution in [3.8, 4) is 0 Å². The summed E-state index contributed by atoms with van der Waals surface area (Å²) in [6.45, 7) is 2.43. The van der Waals surface area contributed by atoms with Gasteiger partial charge in [-0.25, -0.2) is 4.79 Å². The lowest BCUT2D eigenvalue weighted by molar-refractivity contribution is -0.126. The van der Waals surface area contributed by atoms with E-state index >= 15 is 0 Å². The van der Waals surface area contributed by atoms with Gasteiger partial charge in [0.1, 0.15) is 0 Å². The molecule has 0 radical (unpaired) electrons. The van der Waals surface area contributed by atoms with E-state index in [1.807, 2.05) is 6.92 Å². The van der Waals surface area contributed by atoms with Gasteiger partial charge >= 0.3 is 5.97 Å². The van der Waals surface area contributed by atoms with Crippen LogP contribution in [0.5, 0.6) is 0 Å². The van der Waals surface area contributed by atoms with Crippen molar-refractivity contribution in [3.63, 3.8) is 0 Å². The molecule has 96 valence electrons. The zero-order valence-corrected chi connectivity index (χ0v) is 10.2. The van der Waals surface area contributed by atoms with E-state index in [1.54, 1.807) is 12.1 Å². The molecule has 0 unspecified atom stereocenters. The van der Waals surface area contributed by atoms with Crippen LogP contribution < -0.4 is 5.06 Å². The van der Waals surface area contributed by atoms with Gasteiger partial charge in [-0.15, -0.1) is 0 Å². The minimum Gasteiger partial charge on any atom is -0.478 e. The number of carbonyl (C=O) groups is 2. The fourth-order valence-electron chi connectivity index (χ4n) is 1.92. The quantitative estimate of drug-likeness (QED) is 0.886. The first kappa shape index (κ1) is 12.6. The Morgan fingerprint density at radius 2 is 2.22 bits per heavy atom. The SMILES string of the molecule is CCCON1C(=O)CCc2cc(C(=O)O)ccc21. The molecule has 0 saturated heterocycles. The second-order valence-corrected chi connectivity index (χ2v) is 4.17. The van der Waals surface area contributed by atoms with Crippen LogP contribution in [0.25, 0.3) is 0 Å². The summed E-state index contributed by atoms with van der Waals surface area (Å²) in [5, 5.41) is 10.2. The summed E-state index contributed by atoms with van der Waals surface area (Å²) in [5.74, 6) is -1.05. The van der Waals surface area contributed by atoms with E-state index in [2.05, 4.69) is 0 Å². The largest absolute Gasteiger partial charge is 0.478 e. The van der Waals surface area contributed by atoms with Gasteiger partial charge in [0.15, 0.2) is 0 Å². The summed E-state index contributed by atoms with van der Waals surface area (Å²) in [7, 11) is 0. The van der Waals surface area contributed by atoms with Gasteiger partial charge in [-0.1, -0.05) is 6.92 Å². The molecule has 0 atom stereocenters. The molecule has 1 amide bonds. The first-order chi connectivity index (χ1) is 8.63. The molecule has 1 aliphatic heterocycles. The van der Waals surface area contributed by atoms with Crippen molar-refractivity contribution in [1.29, 1.82) is 0 Å². The third-order valence-corrected chi connectivity index (χ3v) is 2.80. The summed E-state index contributed by atoms with van der Waals surface area (Å²) in [4.78, 5) is 28.1. The maximum absolute atomic E-state index is 11.8. The van der Waals surface area contributed by atoms with E-state index in [4.69, 9.17) is 9.94 Å². The van der Waals surface area contributed by atoms with Crippen LogP contribution in [0.15, 0.2) is 18.2 Å². The van der Waals surface area contributed by atoms with Crippen LogP contribution in [-0.2, 0) is 16.1 Å². The molecule has 1 N–H and O–H groups in total. The molecule has 0 bridgehead atoms. The van der Waals surface area contributed by atoms with E-state index in [0.29, 0.717) is 25.1 Å². The zero-order chi connectivity index (χ0) is 13.1. The summed E-state index contributed by atoms with van der Waals surface area (Å²) in [6.07, 6.45) is 1.72. The molecule has 5 nitrogen and oxygen atoms in total. The van der Waals surface area contributed by atoms with Crippen LogP contribution >= 0.6 is 0 Å². The van der Waals surface area contributed by atoms with Gasteiger partial charge in [0.05, 0.1) is 17.9 Å². The third kappa shape index (κ3) is 2.36. The summed E-state index contributed by atoms with van der Waals surface area (Å²) < 4.78 is 0. The van der Waals surface area contributed by atoms with E-state index in [1.165, 1.54) is 11.1 Å². The second-order valence-electron chi connectivity index (χ2n) is 4.17. The first-order valence-corrected chi connectivity index (χ1v) is 5.95. The molecule has 0 spiro atoms. The Balaban J connectivity index is 2.32. The van der Waals surface area contributed by atoms with Gasteiger partial charge in [0, 0.05) is 6.42 Å². The Bertz CT molecular complexity index is 484. The van der Waals surface area contributed by atoms with Crippen molar-refractivity contribution in [2.75, 3.05) is 11.7 Å². The average Bonchev–Trinajstić information content (AvgIpc) is 2.37. The molecule has 0 saturated carbocycles. The number of carbonyl (C=O) groups excluding carboxylic acids is 1. The van der Waals surface area contributed by atoms with E-state index in [9.17, 15) is 9.59 Å². The molecule has 1 heterocycles. The highest BCUT2D eigenvalue weighted by Crippen LogP contribution is 2.29. The van der Waals surface area contributed by atoms with Gasteiger partial charge in [-0.05, 0) is 36.6 Å². The molecular formula is C13H15NO4. The normalized spacial score (nSPS) is 14.5. The Morgan fingerprint density at radius 3 is 2.89 bits per heavy atom. The molecule has 18 heavy (non-hydrogen) atoms. The van der Waals surface area contributed by atoms with Gasteiger partial charge in [0.25, 0.3) is 5.91 Å². The number of aryl methyl sites for hydroxylation is 1. The van der Waals surface area contributed by atoms with Gasteiger partial charge in [-0.2, -0.15) is 5.06 Å². The maximum Gasteiger partial charge on any atom is 0.335 e. The summed E-state index contributed by atoms with van der Waals surface area (Å²) >= 11 is 0. The van der Waals surface area contributed by atoms with E-state index in [-0.39, 0.29) is 11.5 Å². The number of rotatable bonds is 4. The number of hydroxylamine groups is 1. The number of anilines is 1. The summed E-state index contributed by atoms with van der Waals surface area (Å²) in [5.41, 5.74) is 1.73. The highest BCUT2D eigenvalue weighted by Gasteiger charge is 2.25. The number of nitrogens with zero attached hydrogens (tertiary/aromatic N) is 1. The van der Waals surface area contributed by atoms with Gasteiger partial charge < -0.3 is 5.11 Å². The van der Waals surface area contributed by atoms with Crippen LogP contribution in [-0.4, -0.2) is 23.6 Å². The topological polar surface area (TPSA) is 66.8 Å². The van der Waals surface area contributed by atoms with Crippen LogP contribution in [0.4, 0.5) is 5.69 Å². The third-order valence-electron chi connectivity index (χ3n) is 2.80. The lowest BCUT2D eigenvalue weighted by atomic mass is 10.00. The Morgan fingerprint density at radius 1 is 1.44 bits per heavy atom. The molecule has 2 rings (SSSR count). The molecule has 1 aromatic rings. The summed E-state index contributed by atoms with van der Waals surface area (Å²) in [6, 6.07) is 4.72. The molecule has 0 fully saturated rings. The predicted octanol–water partition coefficient (Wildman–Crippen LogP) is 2.01. The van der Waals surface area contributed by atoms with Crippen LogP contribution in [0.3, 0.4) is 0 Å². The van der Waals surface area contributed by atoms with Crippen molar-refractivity contribution in [3.05, 3.63) is 29.3 Å². The number of hydrogen-bond acceptors (Lipinski definition) is 3. The fourth-order valence-corrected chi connectivity index (χ4v) is 1.92. The number of aromatic carboxylic acids is 1. The minimum atomic E-state index is -0.962. The highest BCUT2D eigenvalue weighted by molar-refractivity contribution is 5.96. The molecule has 1 aliphatic rings. The number of carboxylic acid groups (broad SMARTS) is 1. The fraction of sp³-hybridized carbons (Fsp3) is 0.385. The zero-order valence-electron chi connectivity index (χ0n) is 10.2. The van der Waals surface area contributed by atoms with Crippen molar-refractivity contribution in [2.45, 2.75) is 26.2 Å². The average molecular weight is 249 g/mol. The van der Waals surface area contributed by atoms with E-state index < -0.39 is 5.97 Å². The highest BCUT2D eigenvalue weighted by atomic mass is 16.7. The van der Waals surface area contributed by atoms with Gasteiger partial charge in [0.2, 0.25) is 0 Å². The number of amides is 1.